The van der Waals surface area contributed by atoms with Gasteiger partial charge in [0, 0.05) is 24.6 Å². The second kappa shape index (κ2) is 5.04. The number of nitrogens with one attached hydrogen (secondary N) is 1. The highest BCUT2D eigenvalue weighted by Crippen LogP contribution is 2.18. The molecule has 2 aromatic rings. The number of rotatable bonds is 4. The Labute approximate surface area is 103 Å². The van der Waals surface area contributed by atoms with E-state index in [0.29, 0.717) is 0 Å². The molecule has 0 aliphatic carbocycles. The summed E-state index contributed by atoms with van der Waals surface area (Å²) in [6.45, 7) is 8.15. The summed E-state index contributed by atoms with van der Waals surface area (Å²) in [6, 6.07) is 6.27. The molecule has 90 valence electrons. The van der Waals surface area contributed by atoms with Gasteiger partial charge in [0.25, 0.3) is 0 Å². The molecule has 0 saturated heterocycles. The average Bonchev–Trinajstić information content (AvgIpc) is 2.76. The van der Waals surface area contributed by atoms with Crippen molar-refractivity contribution in [3.8, 4) is 0 Å². The van der Waals surface area contributed by atoms with E-state index in [-0.39, 0.29) is 0 Å². The van der Waals surface area contributed by atoms with Gasteiger partial charge in [0.2, 0.25) is 0 Å². The molecule has 0 amide bonds. The van der Waals surface area contributed by atoms with Crippen LogP contribution in [0.15, 0.2) is 30.6 Å². The van der Waals surface area contributed by atoms with Gasteiger partial charge < -0.3 is 9.88 Å². The smallest absolute Gasteiger partial charge is 0.0606 e. The van der Waals surface area contributed by atoms with E-state index in [4.69, 9.17) is 0 Å². The van der Waals surface area contributed by atoms with E-state index in [1.165, 1.54) is 11.3 Å². The normalized spacial score (nSPS) is 10.5. The number of anilines is 1. The minimum atomic E-state index is 0.841. The second-order valence-corrected chi connectivity index (χ2v) is 4.23. The van der Waals surface area contributed by atoms with Crippen molar-refractivity contribution in [2.24, 2.45) is 0 Å². The molecule has 3 heteroatoms. The van der Waals surface area contributed by atoms with E-state index in [2.05, 4.69) is 47.0 Å². The van der Waals surface area contributed by atoms with E-state index in [1.54, 1.807) is 0 Å². The maximum absolute atomic E-state index is 4.31. The van der Waals surface area contributed by atoms with Gasteiger partial charge in [-0.15, -0.1) is 0 Å². The van der Waals surface area contributed by atoms with Gasteiger partial charge in [-0.3, -0.25) is 4.98 Å². The van der Waals surface area contributed by atoms with Gasteiger partial charge >= 0.3 is 0 Å². The monoisotopic (exact) mass is 229 g/mol. The van der Waals surface area contributed by atoms with Crippen molar-refractivity contribution in [1.29, 1.82) is 0 Å². The summed E-state index contributed by atoms with van der Waals surface area (Å²) in [4.78, 5) is 4.31. The first kappa shape index (κ1) is 11.7. The van der Waals surface area contributed by atoms with Crippen LogP contribution < -0.4 is 5.32 Å². The molecule has 0 fully saturated rings. The topological polar surface area (TPSA) is 29.9 Å². The molecule has 17 heavy (non-hydrogen) atoms. The van der Waals surface area contributed by atoms with Gasteiger partial charge in [0.1, 0.15) is 0 Å². The van der Waals surface area contributed by atoms with Gasteiger partial charge in [0.15, 0.2) is 0 Å². The number of hydrogen-bond donors (Lipinski definition) is 1. The molecule has 0 atom stereocenters. The fourth-order valence-electron chi connectivity index (χ4n) is 2.06. The minimum Gasteiger partial charge on any atom is -0.378 e. The van der Waals surface area contributed by atoms with Crippen LogP contribution in [0, 0.1) is 13.8 Å². The third kappa shape index (κ3) is 2.49. The van der Waals surface area contributed by atoms with Crippen LogP contribution in [0.25, 0.3) is 0 Å². The predicted molar refractivity (Wildman–Crippen MR) is 71.1 cm³/mol. The Balaban J connectivity index is 2.13. The number of hydrogen-bond acceptors (Lipinski definition) is 2. The summed E-state index contributed by atoms with van der Waals surface area (Å²) in [7, 11) is 0. The SMILES string of the molecule is CCn1cccc1CNc1c(C)ccnc1C. The van der Waals surface area contributed by atoms with Crippen molar-refractivity contribution in [1.82, 2.24) is 9.55 Å². The Morgan fingerprint density at radius 3 is 2.82 bits per heavy atom. The molecule has 2 heterocycles. The Morgan fingerprint density at radius 2 is 2.12 bits per heavy atom. The Bertz CT molecular complexity index is 480. The molecule has 1 N–H and O–H groups in total. The Morgan fingerprint density at radius 1 is 1.29 bits per heavy atom. The van der Waals surface area contributed by atoms with Gasteiger partial charge in [-0.1, -0.05) is 0 Å². The van der Waals surface area contributed by atoms with Crippen molar-refractivity contribution < 1.29 is 0 Å². The number of pyridine rings is 1. The van der Waals surface area contributed by atoms with Crippen molar-refractivity contribution in [2.45, 2.75) is 33.9 Å². The lowest BCUT2D eigenvalue weighted by Crippen LogP contribution is -2.08. The van der Waals surface area contributed by atoms with E-state index >= 15 is 0 Å². The molecule has 0 aromatic carbocycles. The molecule has 0 saturated carbocycles. The molecule has 0 aliphatic heterocycles. The van der Waals surface area contributed by atoms with E-state index in [0.717, 1.165) is 24.5 Å². The lowest BCUT2D eigenvalue weighted by Gasteiger charge is -2.13. The summed E-state index contributed by atoms with van der Waals surface area (Å²) in [5.74, 6) is 0. The van der Waals surface area contributed by atoms with E-state index in [9.17, 15) is 0 Å². The van der Waals surface area contributed by atoms with Crippen LogP contribution in [0.2, 0.25) is 0 Å². The van der Waals surface area contributed by atoms with Crippen molar-refractivity contribution in [3.05, 3.63) is 47.5 Å². The predicted octanol–water partition coefficient (Wildman–Crippen LogP) is 3.13. The fraction of sp³-hybridized carbons (Fsp3) is 0.357. The summed E-state index contributed by atoms with van der Waals surface area (Å²) >= 11 is 0. The highest BCUT2D eigenvalue weighted by atomic mass is 15.0. The number of aryl methyl sites for hydroxylation is 3. The van der Waals surface area contributed by atoms with Crippen LogP contribution in [0.5, 0.6) is 0 Å². The van der Waals surface area contributed by atoms with Gasteiger partial charge in [-0.2, -0.15) is 0 Å². The van der Waals surface area contributed by atoms with Crippen molar-refractivity contribution >= 4 is 5.69 Å². The highest BCUT2D eigenvalue weighted by Gasteiger charge is 2.04. The first-order chi connectivity index (χ1) is 8.22. The molecule has 0 radical (unpaired) electrons. The minimum absolute atomic E-state index is 0.841. The third-order valence-corrected chi connectivity index (χ3v) is 3.06. The number of nitrogens with zero attached hydrogens (tertiary/aromatic N) is 2. The third-order valence-electron chi connectivity index (χ3n) is 3.06. The summed E-state index contributed by atoms with van der Waals surface area (Å²) in [6.07, 6.45) is 3.96. The molecule has 2 rings (SSSR count). The van der Waals surface area contributed by atoms with Crippen LogP contribution in [0.1, 0.15) is 23.9 Å². The lowest BCUT2D eigenvalue weighted by molar-refractivity contribution is 0.723. The first-order valence-electron chi connectivity index (χ1n) is 6.02. The second-order valence-electron chi connectivity index (χ2n) is 4.23. The largest absolute Gasteiger partial charge is 0.378 e. The Hall–Kier alpha value is -1.77. The Kier molecular flexibility index (Phi) is 3.47. The van der Waals surface area contributed by atoms with Crippen LogP contribution in [0.3, 0.4) is 0 Å². The molecule has 3 nitrogen and oxygen atoms in total. The molecular weight excluding hydrogens is 210 g/mol. The van der Waals surface area contributed by atoms with E-state index in [1.807, 2.05) is 19.2 Å². The standard InChI is InChI=1S/C14H19N3/c1-4-17-9-5-6-13(17)10-16-14-11(2)7-8-15-12(14)3/h5-9,16H,4,10H2,1-3H3. The number of aromatic nitrogens is 2. The van der Waals surface area contributed by atoms with Crippen LogP contribution in [-0.2, 0) is 13.1 Å². The first-order valence-corrected chi connectivity index (χ1v) is 6.02. The lowest BCUT2D eigenvalue weighted by atomic mass is 10.2. The molecule has 0 bridgehead atoms. The van der Waals surface area contributed by atoms with Crippen LogP contribution >= 0.6 is 0 Å². The molecule has 0 aliphatic rings. The zero-order chi connectivity index (χ0) is 12.3. The zero-order valence-corrected chi connectivity index (χ0v) is 10.7. The summed E-state index contributed by atoms with van der Waals surface area (Å²) < 4.78 is 2.24. The molecule has 2 aromatic heterocycles. The molecule has 0 spiro atoms. The maximum Gasteiger partial charge on any atom is 0.0606 e. The molecular formula is C14H19N3. The van der Waals surface area contributed by atoms with Crippen molar-refractivity contribution in [2.75, 3.05) is 5.32 Å². The fourth-order valence-corrected chi connectivity index (χ4v) is 2.06. The average molecular weight is 229 g/mol. The van der Waals surface area contributed by atoms with Gasteiger partial charge in [0.05, 0.1) is 17.9 Å². The van der Waals surface area contributed by atoms with Crippen molar-refractivity contribution in [3.63, 3.8) is 0 Å². The van der Waals surface area contributed by atoms with E-state index < -0.39 is 0 Å². The quantitative estimate of drug-likeness (QED) is 0.873. The van der Waals surface area contributed by atoms with Gasteiger partial charge in [-0.25, -0.2) is 0 Å². The van der Waals surface area contributed by atoms with Crippen LogP contribution in [-0.4, -0.2) is 9.55 Å². The van der Waals surface area contributed by atoms with Gasteiger partial charge in [-0.05, 0) is 44.5 Å². The zero-order valence-electron chi connectivity index (χ0n) is 10.7. The molecule has 0 unspecified atom stereocenters. The summed E-state index contributed by atoms with van der Waals surface area (Å²) in [5, 5.41) is 3.47. The maximum atomic E-state index is 4.31. The summed E-state index contributed by atoms with van der Waals surface area (Å²) in [5.41, 5.74) is 4.75. The highest BCUT2D eigenvalue weighted by molar-refractivity contribution is 5.53. The van der Waals surface area contributed by atoms with Crippen LogP contribution in [0.4, 0.5) is 5.69 Å².